The maximum absolute atomic E-state index is 13.3. The first-order valence-electron chi connectivity index (χ1n) is 12.7. The second kappa shape index (κ2) is 8.97. The number of ether oxygens (including phenoxy) is 1. The van der Waals surface area contributed by atoms with E-state index in [2.05, 4.69) is 35.9 Å². The molecule has 0 spiro atoms. The van der Waals surface area contributed by atoms with Crippen LogP contribution in [0.5, 0.6) is 5.75 Å². The molecule has 3 unspecified atom stereocenters. The molecule has 0 bridgehead atoms. The SMILES string of the molecule is COc1ccc(C)c(C23CCN(C(=O)c4cccnc4)CCC2(O)C(C)N(CC2CC2)CC3)c1. The average Bonchev–Trinajstić information content (AvgIpc) is 3.69. The van der Waals surface area contributed by atoms with Gasteiger partial charge >= 0.3 is 0 Å². The van der Waals surface area contributed by atoms with Crippen LogP contribution in [-0.2, 0) is 5.41 Å². The molecule has 3 atom stereocenters. The van der Waals surface area contributed by atoms with Gasteiger partial charge in [-0.05, 0) is 93.8 Å². The fraction of sp³-hybridized carbons (Fsp3) is 0.571. The zero-order valence-electron chi connectivity index (χ0n) is 20.7. The maximum Gasteiger partial charge on any atom is 0.255 e. The molecule has 1 aromatic carbocycles. The van der Waals surface area contributed by atoms with E-state index < -0.39 is 11.0 Å². The van der Waals surface area contributed by atoms with Crippen molar-refractivity contribution < 1.29 is 14.6 Å². The van der Waals surface area contributed by atoms with Crippen molar-refractivity contribution in [3.63, 3.8) is 0 Å². The second-order valence-corrected chi connectivity index (χ2v) is 10.6. The number of hydrogen-bond acceptors (Lipinski definition) is 5. The molecule has 6 nitrogen and oxygen atoms in total. The van der Waals surface area contributed by atoms with E-state index in [4.69, 9.17) is 4.74 Å². The van der Waals surface area contributed by atoms with Gasteiger partial charge in [-0.1, -0.05) is 6.07 Å². The Morgan fingerprint density at radius 1 is 1.18 bits per heavy atom. The van der Waals surface area contributed by atoms with Crippen molar-refractivity contribution in [3.05, 3.63) is 59.4 Å². The van der Waals surface area contributed by atoms with Gasteiger partial charge in [-0.3, -0.25) is 14.7 Å². The zero-order chi connectivity index (χ0) is 23.9. The number of aryl methyl sites for hydroxylation is 1. The van der Waals surface area contributed by atoms with Crippen LogP contribution >= 0.6 is 0 Å². The summed E-state index contributed by atoms with van der Waals surface area (Å²) in [6, 6.07) is 9.87. The van der Waals surface area contributed by atoms with E-state index in [1.165, 1.54) is 24.0 Å². The highest BCUT2D eigenvalue weighted by Crippen LogP contribution is 2.53. The van der Waals surface area contributed by atoms with Gasteiger partial charge in [0.15, 0.2) is 0 Å². The number of aromatic nitrogens is 1. The number of aliphatic hydroxyl groups is 1. The van der Waals surface area contributed by atoms with Crippen molar-refractivity contribution >= 4 is 5.91 Å². The lowest BCUT2D eigenvalue weighted by atomic mass is 9.57. The van der Waals surface area contributed by atoms with Crippen LogP contribution in [0.2, 0.25) is 0 Å². The van der Waals surface area contributed by atoms with Crippen LogP contribution in [0.3, 0.4) is 0 Å². The molecule has 5 rings (SSSR count). The van der Waals surface area contributed by atoms with Crippen LogP contribution in [0, 0.1) is 12.8 Å². The lowest BCUT2D eigenvalue weighted by molar-refractivity contribution is -0.136. The topological polar surface area (TPSA) is 65.9 Å². The summed E-state index contributed by atoms with van der Waals surface area (Å²) >= 11 is 0. The number of carbonyl (C=O) groups excluding carboxylic acids is 1. The molecule has 3 heterocycles. The van der Waals surface area contributed by atoms with E-state index in [1.54, 1.807) is 25.6 Å². The molecule has 1 aliphatic carbocycles. The summed E-state index contributed by atoms with van der Waals surface area (Å²) in [6.45, 7) is 7.51. The standard InChI is InChI=1S/C28H37N3O3/c1-20-6-9-24(34-3)17-25(20)27-10-14-30(26(32)23-5-4-13-29-18-23)16-12-28(27,33)21(2)31(15-11-27)19-22-7-8-22/h4-6,9,13,17-18,21-22,33H,7-8,10-12,14-16,19H2,1-3H3. The molecule has 3 aliphatic rings. The molecule has 6 heteroatoms. The van der Waals surface area contributed by atoms with E-state index in [0.717, 1.165) is 37.6 Å². The Hall–Kier alpha value is -2.44. The number of hydrogen-bond donors (Lipinski definition) is 1. The molecule has 0 radical (unpaired) electrons. The molecule has 34 heavy (non-hydrogen) atoms. The highest BCUT2D eigenvalue weighted by atomic mass is 16.5. The number of fused-ring (bicyclic) bond motifs is 1. The number of carbonyl (C=O) groups is 1. The molecule has 1 N–H and O–H groups in total. The normalized spacial score (nSPS) is 29.9. The summed E-state index contributed by atoms with van der Waals surface area (Å²) in [4.78, 5) is 21.9. The monoisotopic (exact) mass is 463 g/mol. The Morgan fingerprint density at radius 3 is 2.65 bits per heavy atom. The molecule has 1 saturated carbocycles. The Morgan fingerprint density at radius 2 is 1.94 bits per heavy atom. The minimum absolute atomic E-state index is 0.00430. The van der Waals surface area contributed by atoms with Crippen LogP contribution in [0.4, 0.5) is 0 Å². The van der Waals surface area contributed by atoms with Crippen LogP contribution in [0.15, 0.2) is 42.7 Å². The third-order valence-corrected chi connectivity index (χ3v) is 8.81. The molecule has 1 aromatic heterocycles. The van der Waals surface area contributed by atoms with Gasteiger partial charge in [0.25, 0.3) is 5.91 Å². The van der Waals surface area contributed by atoms with Crippen molar-refractivity contribution in [2.75, 3.05) is 33.3 Å². The summed E-state index contributed by atoms with van der Waals surface area (Å²) in [5, 5.41) is 12.7. The van der Waals surface area contributed by atoms with Gasteiger partial charge in [0, 0.05) is 43.5 Å². The van der Waals surface area contributed by atoms with Crippen LogP contribution < -0.4 is 4.74 Å². The molecule has 2 saturated heterocycles. The lowest BCUT2D eigenvalue weighted by Gasteiger charge is -2.57. The number of piperidine rings is 1. The van der Waals surface area contributed by atoms with Gasteiger partial charge in [-0.2, -0.15) is 0 Å². The average molecular weight is 464 g/mol. The predicted octanol–water partition coefficient (Wildman–Crippen LogP) is 3.81. The Labute approximate surface area is 202 Å². The zero-order valence-corrected chi connectivity index (χ0v) is 20.7. The summed E-state index contributed by atoms with van der Waals surface area (Å²) < 4.78 is 5.60. The van der Waals surface area contributed by atoms with Crippen LogP contribution in [-0.4, -0.2) is 70.7 Å². The number of amides is 1. The Balaban J connectivity index is 1.54. The number of rotatable bonds is 5. The van der Waals surface area contributed by atoms with Crippen LogP contribution in [0.1, 0.15) is 60.5 Å². The van der Waals surface area contributed by atoms with Crippen molar-refractivity contribution in [1.82, 2.24) is 14.8 Å². The molecule has 182 valence electrons. The van der Waals surface area contributed by atoms with Gasteiger partial charge in [0.1, 0.15) is 5.75 Å². The first kappa shape index (κ1) is 23.3. The van der Waals surface area contributed by atoms with E-state index in [9.17, 15) is 9.90 Å². The molecule has 3 fully saturated rings. The largest absolute Gasteiger partial charge is 0.497 e. The fourth-order valence-electron chi connectivity index (χ4n) is 6.48. The summed E-state index contributed by atoms with van der Waals surface area (Å²) in [5.74, 6) is 1.58. The number of methoxy groups -OCH3 is 1. The van der Waals surface area contributed by atoms with Crippen molar-refractivity contribution in [1.29, 1.82) is 0 Å². The molecule has 1 amide bonds. The minimum atomic E-state index is -0.943. The van der Waals surface area contributed by atoms with E-state index in [1.807, 2.05) is 17.0 Å². The third kappa shape index (κ3) is 3.91. The fourth-order valence-corrected chi connectivity index (χ4v) is 6.48. The van der Waals surface area contributed by atoms with Crippen molar-refractivity contribution in [2.45, 2.75) is 63.0 Å². The van der Waals surface area contributed by atoms with E-state index >= 15 is 0 Å². The Kier molecular flexibility index (Phi) is 6.15. The van der Waals surface area contributed by atoms with Gasteiger partial charge < -0.3 is 14.7 Å². The van der Waals surface area contributed by atoms with E-state index in [0.29, 0.717) is 25.1 Å². The maximum atomic E-state index is 13.3. The van der Waals surface area contributed by atoms with Crippen molar-refractivity contribution in [2.24, 2.45) is 5.92 Å². The number of benzene rings is 1. The number of pyridine rings is 1. The Bertz CT molecular complexity index is 1040. The smallest absolute Gasteiger partial charge is 0.255 e. The predicted molar refractivity (Wildman–Crippen MR) is 132 cm³/mol. The minimum Gasteiger partial charge on any atom is -0.497 e. The first-order valence-corrected chi connectivity index (χ1v) is 12.7. The van der Waals surface area contributed by atoms with Gasteiger partial charge in [0.05, 0.1) is 18.3 Å². The highest BCUT2D eigenvalue weighted by molar-refractivity contribution is 5.93. The van der Waals surface area contributed by atoms with Crippen LogP contribution in [0.25, 0.3) is 0 Å². The van der Waals surface area contributed by atoms with Gasteiger partial charge in [-0.25, -0.2) is 0 Å². The molecule has 2 aromatic rings. The molecular weight excluding hydrogens is 426 g/mol. The summed E-state index contributed by atoms with van der Waals surface area (Å²) in [5.41, 5.74) is 1.57. The van der Waals surface area contributed by atoms with Gasteiger partial charge in [-0.15, -0.1) is 0 Å². The molecule has 2 aliphatic heterocycles. The lowest BCUT2D eigenvalue weighted by Crippen LogP contribution is -2.68. The third-order valence-electron chi connectivity index (χ3n) is 8.81. The first-order chi connectivity index (χ1) is 16.4. The molecular formula is C28H37N3O3. The summed E-state index contributed by atoms with van der Waals surface area (Å²) in [7, 11) is 1.70. The summed E-state index contributed by atoms with van der Waals surface area (Å²) in [6.07, 6.45) is 8.08. The number of nitrogens with zero attached hydrogens (tertiary/aromatic N) is 3. The van der Waals surface area contributed by atoms with Gasteiger partial charge in [0.2, 0.25) is 0 Å². The highest BCUT2D eigenvalue weighted by Gasteiger charge is 2.59. The van der Waals surface area contributed by atoms with E-state index in [-0.39, 0.29) is 11.9 Å². The quantitative estimate of drug-likeness (QED) is 0.731. The second-order valence-electron chi connectivity index (χ2n) is 10.6. The number of likely N-dealkylation sites (tertiary alicyclic amines) is 2. The van der Waals surface area contributed by atoms with Crippen molar-refractivity contribution in [3.8, 4) is 5.75 Å².